The van der Waals surface area contributed by atoms with E-state index in [4.69, 9.17) is 0 Å². The molecule has 0 saturated heterocycles. The van der Waals surface area contributed by atoms with E-state index in [2.05, 4.69) is 5.10 Å². The standard InChI is InChI=1S/C9H14N2O/c1-5-11-9(12)8(6(2)3)7(4)10-11/h5H2,1-4H3. The third-order valence-electron chi connectivity index (χ3n) is 1.88. The van der Waals surface area contributed by atoms with E-state index in [0.717, 1.165) is 16.9 Å². The van der Waals surface area contributed by atoms with Crippen LogP contribution in [-0.2, 0) is 4.79 Å². The SMILES string of the molecule is CCN1N=C(C)C(=C(C)C)C1=O. The van der Waals surface area contributed by atoms with Gasteiger partial charge in [0.05, 0.1) is 11.3 Å². The van der Waals surface area contributed by atoms with Crippen molar-refractivity contribution in [1.29, 1.82) is 0 Å². The largest absolute Gasteiger partial charge is 0.275 e. The minimum absolute atomic E-state index is 0.0370. The maximum absolute atomic E-state index is 11.5. The Balaban J connectivity index is 3.05. The number of rotatable bonds is 1. The van der Waals surface area contributed by atoms with E-state index < -0.39 is 0 Å². The molecule has 0 aromatic carbocycles. The zero-order valence-corrected chi connectivity index (χ0v) is 8.01. The topological polar surface area (TPSA) is 32.7 Å². The van der Waals surface area contributed by atoms with Crippen LogP contribution in [0.25, 0.3) is 0 Å². The molecule has 0 spiro atoms. The Morgan fingerprint density at radius 3 is 2.33 bits per heavy atom. The van der Waals surface area contributed by atoms with Gasteiger partial charge in [0.25, 0.3) is 5.91 Å². The van der Waals surface area contributed by atoms with Gasteiger partial charge in [-0.05, 0) is 27.7 Å². The van der Waals surface area contributed by atoms with E-state index in [0.29, 0.717) is 6.54 Å². The van der Waals surface area contributed by atoms with Crippen molar-refractivity contribution in [2.75, 3.05) is 6.54 Å². The van der Waals surface area contributed by atoms with Crippen molar-refractivity contribution < 1.29 is 4.79 Å². The number of hydrazone groups is 1. The molecule has 0 radical (unpaired) electrons. The molecule has 0 unspecified atom stereocenters. The van der Waals surface area contributed by atoms with Gasteiger partial charge >= 0.3 is 0 Å². The number of hydrogen-bond acceptors (Lipinski definition) is 2. The summed E-state index contributed by atoms with van der Waals surface area (Å²) in [5.41, 5.74) is 2.65. The van der Waals surface area contributed by atoms with Gasteiger partial charge in [-0.1, -0.05) is 5.57 Å². The molecule has 12 heavy (non-hydrogen) atoms. The van der Waals surface area contributed by atoms with E-state index in [-0.39, 0.29) is 5.91 Å². The van der Waals surface area contributed by atoms with Gasteiger partial charge in [0.15, 0.2) is 0 Å². The molecule has 1 amide bonds. The third-order valence-corrected chi connectivity index (χ3v) is 1.88. The number of nitrogens with zero attached hydrogens (tertiary/aromatic N) is 2. The number of hydrogen-bond donors (Lipinski definition) is 0. The molecule has 1 rings (SSSR count). The predicted molar refractivity (Wildman–Crippen MR) is 48.9 cm³/mol. The summed E-state index contributed by atoms with van der Waals surface area (Å²) in [6.07, 6.45) is 0. The van der Waals surface area contributed by atoms with Gasteiger partial charge in [0.2, 0.25) is 0 Å². The lowest BCUT2D eigenvalue weighted by atomic mass is 10.1. The average Bonchev–Trinajstić information content (AvgIpc) is 2.25. The lowest BCUT2D eigenvalue weighted by Crippen LogP contribution is -2.21. The second-order valence-corrected chi connectivity index (χ2v) is 3.08. The molecule has 0 bridgehead atoms. The van der Waals surface area contributed by atoms with Crippen molar-refractivity contribution >= 4 is 11.6 Å². The Kier molecular flexibility index (Phi) is 2.31. The zero-order chi connectivity index (χ0) is 9.30. The molecule has 0 aromatic rings. The maximum atomic E-state index is 11.5. The second kappa shape index (κ2) is 3.09. The smallest absolute Gasteiger partial charge is 0.267 e. The fraction of sp³-hybridized carbons (Fsp3) is 0.556. The zero-order valence-electron chi connectivity index (χ0n) is 8.01. The van der Waals surface area contributed by atoms with Crippen LogP contribution in [0.1, 0.15) is 27.7 Å². The first kappa shape index (κ1) is 8.97. The van der Waals surface area contributed by atoms with Crippen LogP contribution in [0.2, 0.25) is 0 Å². The van der Waals surface area contributed by atoms with Gasteiger partial charge in [0.1, 0.15) is 0 Å². The van der Waals surface area contributed by atoms with Crippen LogP contribution in [0.15, 0.2) is 16.2 Å². The maximum Gasteiger partial charge on any atom is 0.275 e. The summed E-state index contributed by atoms with van der Waals surface area (Å²) in [6, 6.07) is 0. The van der Waals surface area contributed by atoms with E-state index in [1.807, 2.05) is 27.7 Å². The summed E-state index contributed by atoms with van der Waals surface area (Å²) >= 11 is 0. The molecule has 0 aliphatic carbocycles. The van der Waals surface area contributed by atoms with Crippen molar-refractivity contribution in [1.82, 2.24) is 5.01 Å². The number of allylic oxidation sites excluding steroid dienone is 1. The van der Waals surface area contributed by atoms with E-state index in [1.165, 1.54) is 5.01 Å². The minimum Gasteiger partial charge on any atom is -0.267 e. The molecule has 3 nitrogen and oxygen atoms in total. The summed E-state index contributed by atoms with van der Waals surface area (Å²) in [5, 5.41) is 5.63. The Hall–Kier alpha value is -1.12. The fourth-order valence-corrected chi connectivity index (χ4v) is 1.35. The van der Waals surface area contributed by atoms with Gasteiger partial charge in [-0.3, -0.25) is 4.79 Å². The number of carbonyl (C=O) groups excluding carboxylic acids is 1. The summed E-state index contributed by atoms with van der Waals surface area (Å²) in [6.45, 7) is 8.31. The molecule has 66 valence electrons. The average molecular weight is 166 g/mol. The van der Waals surface area contributed by atoms with Crippen LogP contribution >= 0.6 is 0 Å². The highest BCUT2D eigenvalue weighted by molar-refractivity contribution is 6.24. The highest BCUT2D eigenvalue weighted by atomic mass is 16.2. The lowest BCUT2D eigenvalue weighted by Gasteiger charge is -2.07. The molecule has 0 aromatic heterocycles. The van der Waals surface area contributed by atoms with E-state index in [1.54, 1.807) is 0 Å². The van der Waals surface area contributed by atoms with Crippen molar-refractivity contribution in [2.24, 2.45) is 5.10 Å². The molecule has 1 aliphatic heterocycles. The molecule has 0 saturated carbocycles. The van der Waals surface area contributed by atoms with Crippen molar-refractivity contribution in [3.8, 4) is 0 Å². The first-order valence-corrected chi connectivity index (χ1v) is 4.12. The minimum atomic E-state index is 0.0370. The van der Waals surface area contributed by atoms with Crippen molar-refractivity contribution in [2.45, 2.75) is 27.7 Å². The molecule has 0 atom stereocenters. The van der Waals surface area contributed by atoms with E-state index in [9.17, 15) is 4.79 Å². The Labute approximate surface area is 72.8 Å². The third kappa shape index (κ3) is 1.26. The number of carbonyl (C=O) groups is 1. The van der Waals surface area contributed by atoms with Gasteiger partial charge in [0, 0.05) is 6.54 Å². The first-order chi connectivity index (χ1) is 5.57. The highest BCUT2D eigenvalue weighted by Crippen LogP contribution is 2.17. The normalized spacial score (nSPS) is 17.0. The summed E-state index contributed by atoms with van der Waals surface area (Å²) in [7, 11) is 0. The van der Waals surface area contributed by atoms with Crippen molar-refractivity contribution in [3.05, 3.63) is 11.1 Å². The lowest BCUT2D eigenvalue weighted by molar-refractivity contribution is -0.125. The van der Waals surface area contributed by atoms with Crippen LogP contribution < -0.4 is 0 Å². The van der Waals surface area contributed by atoms with Gasteiger partial charge in [-0.25, -0.2) is 5.01 Å². The van der Waals surface area contributed by atoms with Crippen LogP contribution in [0, 0.1) is 0 Å². The Bertz CT molecular complexity index is 272. The van der Waals surface area contributed by atoms with E-state index >= 15 is 0 Å². The van der Waals surface area contributed by atoms with Crippen LogP contribution in [-0.4, -0.2) is 23.2 Å². The summed E-state index contributed by atoms with van der Waals surface area (Å²) in [5.74, 6) is 0.0370. The van der Waals surface area contributed by atoms with Crippen LogP contribution in [0.4, 0.5) is 0 Å². The quantitative estimate of drug-likeness (QED) is 0.544. The summed E-state index contributed by atoms with van der Waals surface area (Å²) in [4.78, 5) is 11.5. The molecule has 1 heterocycles. The molecule has 0 fully saturated rings. The fourth-order valence-electron chi connectivity index (χ4n) is 1.35. The summed E-state index contributed by atoms with van der Waals surface area (Å²) < 4.78 is 0. The van der Waals surface area contributed by atoms with Crippen molar-refractivity contribution in [3.63, 3.8) is 0 Å². The molecular formula is C9H14N2O. The molecule has 3 heteroatoms. The number of likely N-dealkylation sites (N-methyl/N-ethyl adjacent to an activating group) is 1. The first-order valence-electron chi connectivity index (χ1n) is 4.12. The van der Waals surface area contributed by atoms with Gasteiger partial charge in [-0.2, -0.15) is 5.10 Å². The monoisotopic (exact) mass is 166 g/mol. The number of amides is 1. The Morgan fingerprint density at radius 1 is 1.50 bits per heavy atom. The molecular weight excluding hydrogens is 152 g/mol. The Morgan fingerprint density at radius 2 is 2.08 bits per heavy atom. The van der Waals surface area contributed by atoms with Gasteiger partial charge < -0.3 is 0 Å². The second-order valence-electron chi connectivity index (χ2n) is 3.08. The van der Waals surface area contributed by atoms with Crippen LogP contribution in [0.5, 0.6) is 0 Å². The highest BCUT2D eigenvalue weighted by Gasteiger charge is 2.26. The molecule has 1 aliphatic rings. The van der Waals surface area contributed by atoms with Crippen LogP contribution in [0.3, 0.4) is 0 Å². The molecule has 0 N–H and O–H groups in total. The predicted octanol–water partition coefficient (Wildman–Crippen LogP) is 1.56. The van der Waals surface area contributed by atoms with Gasteiger partial charge in [-0.15, -0.1) is 0 Å².